The first kappa shape index (κ1) is 13.3. The number of hydrogen-bond donors (Lipinski definition) is 2. The number of allylic oxidation sites excluding steroid dienone is 2. The molecule has 1 aromatic carbocycles. The molecule has 0 fully saturated rings. The molecule has 0 radical (unpaired) electrons. The smallest absolute Gasteiger partial charge is 0.122 e. The van der Waals surface area contributed by atoms with Crippen LogP contribution in [0.4, 0.5) is 0 Å². The molecular weight excluding hydrogens is 250 g/mol. The number of ether oxygens (including phenoxy) is 1. The Morgan fingerprint density at radius 3 is 2.95 bits per heavy atom. The minimum absolute atomic E-state index is 0.271. The molecule has 1 aliphatic heterocycles. The monoisotopic (exact) mass is 271 g/mol. The van der Waals surface area contributed by atoms with Crippen LogP contribution in [0.2, 0.25) is 0 Å². The molecule has 3 heteroatoms. The SMILES string of the molecule is COc1cc(O)cc(CC2NCCC3=C2CC=CC3)c1. The van der Waals surface area contributed by atoms with E-state index in [2.05, 4.69) is 17.5 Å². The molecule has 1 heterocycles. The highest BCUT2D eigenvalue weighted by atomic mass is 16.5. The second-order valence-corrected chi connectivity index (χ2v) is 5.51. The molecule has 20 heavy (non-hydrogen) atoms. The van der Waals surface area contributed by atoms with Gasteiger partial charge in [-0.15, -0.1) is 0 Å². The zero-order valence-electron chi connectivity index (χ0n) is 11.9. The standard InChI is InChI=1S/C17H21NO2/c1-20-15-9-12(8-14(19)11-15)10-17-16-5-3-2-4-13(16)6-7-18-17/h2-3,8-9,11,17-19H,4-7,10H2,1H3. The predicted molar refractivity (Wildman–Crippen MR) is 80.2 cm³/mol. The van der Waals surface area contributed by atoms with Crippen molar-refractivity contribution in [1.82, 2.24) is 5.32 Å². The lowest BCUT2D eigenvalue weighted by molar-refractivity contribution is 0.406. The van der Waals surface area contributed by atoms with Crippen LogP contribution in [-0.2, 0) is 6.42 Å². The fourth-order valence-corrected chi connectivity index (χ4v) is 3.19. The van der Waals surface area contributed by atoms with Gasteiger partial charge in [0.05, 0.1) is 7.11 Å². The first-order valence-corrected chi connectivity index (χ1v) is 7.22. The highest BCUT2D eigenvalue weighted by Crippen LogP contribution is 2.30. The van der Waals surface area contributed by atoms with Crippen LogP contribution in [0.3, 0.4) is 0 Å². The molecule has 1 atom stereocenters. The molecule has 0 spiro atoms. The van der Waals surface area contributed by atoms with Gasteiger partial charge in [0, 0.05) is 12.1 Å². The molecule has 1 aromatic rings. The Morgan fingerprint density at radius 2 is 2.10 bits per heavy atom. The summed E-state index contributed by atoms with van der Waals surface area (Å²) in [5.41, 5.74) is 4.26. The molecule has 2 aliphatic rings. The summed E-state index contributed by atoms with van der Waals surface area (Å²) in [6.07, 6.45) is 8.78. The summed E-state index contributed by atoms with van der Waals surface area (Å²) in [6.45, 7) is 1.05. The summed E-state index contributed by atoms with van der Waals surface area (Å²) in [6, 6.07) is 5.87. The Labute approximate surface area is 120 Å². The minimum Gasteiger partial charge on any atom is -0.508 e. The van der Waals surface area contributed by atoms with E-state index in [4.69, 9.17) is 4.74 Å². The van der Waals surface area contributed by atoms with Gasteiger partial charge in [0.2, 0.25) is 0 Å². The number of aromatic hydroxyl groups is 1. The van der Waals surface area contributed by atoms with Gasteiger partial charge in [-0.25, -0.2) is 0 Å². The number of rotatable bonds is 3. The fraction of sp³-hybridized carbons (Fsp3) is 0.412. The molecular formula is C17H21NO2. The van der Waals surface area contributed by atoms with Crippen molar-refractivity contribution in [2.45, 2.75) is 31.7 Å². The Bertz CT molecular complexity index is 560. The van der Waals surface area contributed by atoms with Crippen LogP contribution in [0.25, 0.3) is 0 Å². The third kappa shape index (κ3) is 2.73. The zero-order chi connectivity index (χ0) is 13.9. The summed E-state index contributed by atoms with van der Waals surface area (Å²) >= 11 is 0. The van der Waals surface area contributed by atoms with Gasteiger partial charge in [-0.2, -0.15) is 0 Å². The first-order valence-electron chi connectivity index (χ1n) is 7.22. The van der Waals surface area contributed by atoms with Gasteiger partial charge in [-0.1, -0.05) is 17.7 Å². The van der Waals surface area contributed by atoms with Gasteiger partial charge in [-0.3, -0.25) is 0 Å². The van der Waals surface area contributed by atoms with Crippen molar-refractivity contribution in [1.29, 1.82) is 0 Å². The Morgan fingerprint density at radius 1 is 1.25 bits per heavy atom. The van der Waals surface area contributed by atoms with Crippen LogP contribution in [-0.4, -0.2) is 24.8 Å². The fourth-order valence-electron chi connectivity index (χ4n) is 3.19. The molecule has 0 saturated carbocycles. The van der Waals surface area contributed by atoms with Gasteiger partial charge in [0.15, 0.2) is 0 Å². The number of nitrogens with one attached hydrogen (secondary N) is 1. The second-order valence-electron chi connectivity index (χ2n) is 5.51. The molecule has 0 aromatic heterocycles. The number of phenols is 1. The number of methoxy groups -OCH3 is 1. The zero-order valence-corrected chi connectivity index (χ0v) is 11.9. The summed E-state index contributed by atoms with van der Waals surface area (Å²) in [7, 11) is 1.63. The van der Waals surface area contributed by atoms with Gasteiger partial charge >= 0.3 is 0 Å². The van der Waals surface area contributed by atoms with Crippen LogP contribution < -0.4 is 10.1 Å². The predicted octanol–water partition coefficient (Wildman–Crippen LogP) is 2.95. The maximum Gasteiger partial charge on any atom is 0.122 e. The highest BCUT2D eigenvalue weighted by Gasteiger charge is 2.23. The van der Waals surface area contributed by atoms with Crippen molar-refractivity contribution in [2.24, 2.45) is 0 Å². The van der Waals surface area contributed by atoms with Crippen LogP contribution in [0, 0.1) is 0 Å². The molecule has 1 unspecified atom stereocenters. The molecule has 0 bridgehead atoms. The average Bonchev–Trinajstić information content (AvgIpc) is 2.47. The van der Waals surface area contributed by atoms with E-state index in [1.54, 1.807) is 24.3 Å². The van der Waals surface area contributed by atoms with E-state index in [9.17, 15) is 5.11 Å². The molecule has 3 nitrogen and oxygen atoms in total. The second kappa shape index (κ2) is 5.71. The van der Waals surface area contributed by atoms with Crippen molar-refractivity contribution in [3.63, 3.8) is 0 Å². The molecule has 0 amide bonds. The summed E-state index contributed by atoms with van der Waals surface area (Å²) < 4.78 is 5.23. The van der Waals surface area contributed by atoms with Crippen molar-refractivity contribution >= 4 is 0 Å². The summed E-state index contributed by atoms with van der Waals surface area (Å²) in [5.74, 6) is 0.987. The van der Waals surface area contributed by atoms with Gasteiger partial charge in [-0.05, 0) is 55.5 Å². The lowest BCUT2D eigenvalue weighted by Gasteiger charge is -2.31. The lowest BCUT2D eigenvalue weighted by Crippen LogP contribution is -2.38. The largest absolute Gasteiger partial charge is 0.508 e. The Kier molecular flexibility index (Phi) is 3.79. The van der Waals surface area contributed by atoms with Gasteiger partial charge < -0.3 is 15.2 Å². The molecule has 2 N–H and O–H groups in total. The van der Waals surface area contributed by atoms with E-state index in [0.29, 0.717) is 11.8 Å². The van der Waals surface area contributed by atoms with Gasteiger partial charge in [0.25, 0.3) is 0 Å². The van der Waals surface area contributed by atoms with Crippen LogP contribution in [0.5, 0.6) is 11.5 Å². The topological polar surface area (TPSA) is 41.5 Å². The van der Waals surface area contributed by atoms with E-state index < -0.39 is 0 Å². The maximum absolute atomic E-state index is 9.76. The highest BCUT2D eigenvalue weighted by molar-refractivity contribution is 5.40. The lowest BCUT2D eigenvalue weighted by atomic mass is 9.84. The Hall–Kier alpha value is -1.74. The average molecular weight is 271 g/mol. The van der Waals surface area contributed by atoms with Crippen LogP contribution >= 0.6 is 0 Å². The third-order valence-electron chi connectivity index (χ3n) is 4.19. The number of phenolic OH excluding ortho intramolecular Hbond substituents is 1. The molecule has 106 valence electrons. The van der Waals surface area contributed by atoms with E-state index in [-0.39, 0.29) is 5.75 Å². The van der Waals surface area contributed by atoms with E-state index >= 15 is 0 Å². The number of hydrogen-bond acceptors (Lipinski definition) is 3. The van der Waals surface area contributed by atoms with Crippen molar-refractivity contribution in [3.8, 4) is 11.5 Å². The van der Waals surface area contributed by atoms with E-state index in [0.717, 1.165) is 31.4 Å². The molecule has 0 saturated heterocycles. The van der Waals surface area contributed by atoms with E-state index in [1.165, 1.54) is 6.42 Å². The first-order chi connectivity index (χ1) is 9.76. The molecule has 1 aliphatic carbocycles. The minimum atomic E-state index is 0.271. The molecule has 3 rings (SSSR count). The number of benzene rings is 1. The van der Waals surface area contributed by atoms with Crippen LogP contribution in [0.15, 0.2) is 41.5 Å². The van der Waals surface area contributed by atoms with Crippen molar-refractivity contribution in [2.75, 3.05) is 13.7 Å². The van der Waals surface area contributed by atoms with Crippen molar-refractivity contribution in [3.05, 3.63) is 47.1 Å². The van der Waals surface area contributed by atoms with Crippen LogP contribution in [0.1, 0.15) is 24.8 Å². The third-order valence-corrected chi connectivity index (χ3v) is 4.19. The van der Waals surface area contributed by atoms with Gasteiger partial charge in [0.1, 0.15) is 11.5 Å². The normalized spacial score (nSPS) is 21.8. The Balaban J connectivity index is 1.82. The maximum atomic E-state index is 9.76. The summed E-state index contributed by atoms with van der Waals surface area (Å²) in [5, 5.41) is 13.4. The summed E-state index contributed by atoms with van der Waals surface area (Å²) in [4.78, 5) is 0. The van der Waals surface area contributed by atoms with Crippen molar-refractivity contribution < 1.29 is 9.84 Å². The quantitative estimate of drug-likeness (QED) is 0.831. The van der Waals surface area contributed by atoms with E-state index in [1.807, 2.05) is 12.1 Å².